The highest BCUT2D eigenvalue weighted by Gasteiger charge is 2.11. The van der Waals surface area contributed by atoms with Crippen LogP contribution < -0.4 is 10.7 Å². The molecule has 2 amide bonds. The first-order chi connectivity index (χ1) is 9.18. The lowest BCUT2D eigenvalue weighted by Crippen LogP contribution is -2.32. The third-order valence-electron chi connectivity index (χ3n) is 2.65. The molecule has 0 aromatic heterocycles. The largest absolute Gasteiger partial charge is 0.350 e. The minimum Gasteiger partial charge on any atom is -0.350 e. The number of nitrogens with two attached hydrogens (primary N) is 1. The van der Waals surface area contributed by atoms with E-state index in [4.69, 9.17) is 5.73 Å². The smallest absolute Gasteiger partial charge is 0.340 e. The first kappa shape index (κ1) is 12.8. The zero-order valence-corrected chi connectivity index (χ0v) is 10.7. The van der Waals surface area contributed by atoms with Crippen LogP contribution >= 0.6 is 0 Å². The summed E-state index contributed by atoms with van der Waals surface area (Å²) < 4.78 is 0. The average molecular weight is 253 g/mol. The van der Waals surface area contributed by atoms with E-state index < -0.39 is 6.03 Å². The van der Waals surface area contributed by atoms with Gasteiger partial charge in [-0.1, -0.05) is 48.5 Å². The maximum absolute atomic E-state index is 11.5. The number of hydrazone groups is 1. The van der Waals surface area contributed by atoms with E-state index in [1.54, 1.807) is 12.1 Å². The van der Waals surface area contributed by atoms with Gasteiger partial charge >= 0.3 is 6.03 Å². The van der Waals surface area contributed by atoms with Gasteiger partial charge in [0.15, 0.2) is 0 Å². The molecule has 96 valence electrons. The lowest BCUT2D eigenvalue weighted by Gasteiger charge is -2.15. The summed E-state index contributed by atoms with van der Waals surface area (Å²) in [5, 5.41) is 5.49. The van der Waals surface area contributed by atoms with Crippen molar-refractivity contribution >= 4 is 17.4 Å². The van der Waals surface area contributed by atoms with Gasteiger partial charge in [0, 0.05) is 0 Å². The van der Waals surface area contributed by atoms with Crippen molar-refractivity contribution in [2.45, 2.75) is 6.92 Å². The number of anilines is 1. The second-order valence-corrected chi connectivity index (χ2v) is 4.04. The molecule has 19 heavy (non-hydrogen) atoms. The normalized spacial score (nSPS) is 11.1. The summed E-state index contributed by atoms with van der Waals surface area (Å²) in [4.78, 5) is 11.5. The molecule has 0 saturated carbocycles. The molecule has 2 aromatic carbocycles. The van der Waals surface area contributed by atoms with E-state index in [9.17, 15) is 4.79 Å². The molecule has 4 heteroatoms. The highest BCUT2D eigenvalue weighted by molar-refractivity contribution is 6.02. The average Bonchev–Trinajstić information content (AvgIpc) is 2.46. The van der Waals surface area contributed by atoms with Gasteiger partial charge in [0.25, 0.3) is 0 Å². The molecule has 4 nitrogen and oxygen atoms in total. The van der Waals surface area contributed by atoms with Crippen LogP contribution in [0.4, 0.5) is 10.5 Å². The van der Waals surface area contributed by atoms with Gasteiger partial charge in [-0.25, -0.2) is 4.79 Å². The van der Waals surface area contributed by atoms with Crippen LogP contribution in [0.5, 0.6) is 0 Å². The van der Waals surface area contributed by atoms with E-state index in [0.717, 1.165) is 11.3 Å². The molecule has 2 rings (SSSR count). The number of urea groups is 1. The fraction of sp³-hybridized carbons (Fsp3) is 0.0667. The lowest BCUT2D eigenvalue weighted by molar-refractivity contribution is 0.254. The van der Waals surface area contributed by atoms with Crippen LogP contribution in [0.25, 0.3) is 0 Å². The highest BCUT2D eigenvalue weighted by atomic mass is 16.2. The van der Waals surface area contributed by atoms with E-state index >= 15 is 0 Å². The monoisotopic (exact) mass is 253 g/mol. The highest BCUT2D eigenvalue weighted by Crippen LogP contribution is 2.14. The van der Waals surface area contributed by atoms with Gasteiger partial charge in [-0.15, -0.1) is 0 Å². The maximum atomic E-state index is 11.5. The van der Waals surface area contributed by atoms with E-state index in [1.165, 1.54) is 5.01 Å². The number of benzene rings is 2. The number of rotatable bonds is 3. The zero-order valence-electron chi connectivity index (χ0n) is 10.7. The number of hydrogen-bond donors (Lipinski definition) is 1. The van der Waals surface area contributed by atoms with Crippen molar-refractivity contribution in [1.82, 2.24) is 0 Å². The SMILES string of the molecule is CC(=NN(C(N)=O)c1ccccc1)c1ccccc1. The van der Waals surface area contributed by atoms with Gasteiger partial charge in [0.2, 0.25) is 0 Å². The van der Waals surface area contributed by atoms with Crippen LogP contribution in [0, 0.1) is 0 Å². The zero-order chi connectivity index (χ0) is 13.7. The second kappa shape index (κ2) is 5.82. The Balaban J connectivity index is 2.34. The lowest BCUT2D eigenvalue weighted by atomic mass is 10.1. The molecule has 0 saturated heterocycles. The first-order valence-corrected chi connectivity index (χ1v) is 5.93. The van der Waals surface area contributed by atoms with Crippen molar-refractivity contribution in [2.75, 3.05) is 5.01 Å². The number of amides is 2. The summed E-state index contributed by atoms with van der Waals surface area (Å²) in [7, 11) is 0. The van der Waals surface area contributed by atoms with Crippen molar-refractivity contribution < 1.29 is 4.79 Å². The summed E-state index contributed by atoms with van der Waals surface area (Å²) in [5.74, 6) is 0. The molecule has 0 bridgehead atoms. The van der Waals surface area contributed by atoms with Crippen molar-refractivity contribution in [2.24, 2.45) is 10.8 Å². The molecule has 0 radical (unpaired) electrons. The van der Waals surface area contributed by atoms with Crippen LogP contribution in [-0.4, -0.2) is 11.7 Å². The van der Waals surface area contributed by atoms with E-state index in [0.29, 0.717) is 5.69 Å². The Bertz CT molecular complexity index is 579. The van der Waals surface area contributed by atoms with Crippen molar-refractivity contribution in [1.29, 1.82) is 0 Å². The van der Waals surface area contributed by atoms with Gasteiger partial charge in [0.05, 0.1) is 11.4 Å². The third-order valence-corrected chi connectivity index (χ3v) is 2.65. The molecule has 0 aliphatic rings. The van der Waals surface area contributed by atoms with Gasteiger partial charge < -0.3 is 5.73 Å². The Morgan fingerprint density at radius 1 is 1.00 bits per heavy atom. The van der Waals surface area contributed by atoms with Crippen molar-refractivity contribution in [3.05, 3.63) is 66.2 Å². The van der Waals surface area contributed by atoms with Crippen LogP contribution in [-0.2, 0) is 0 Å². The Hall–Kier alpha value is -2.62. The Labute approximate surface area is 112 Å². The van der Waals surface area contributed by atoms with Crippen LogP contribution in [0.3, 0.4) is 0 Å². The fourth-order valence-electron chi connectivity index (χ4n) is 1.69. The summed E-state index contributed by atoms with van der Waals surface area (Å²) >= 11 is 0. The molecule has 0 fully saturated rings. The Kier molecular flexibility index (Phi) is 3.93. The number of carbonyl (C=O) groups is 1. The van der Waals surface area contributed by atoms with E-state index in [1.807, 2.05) is 55.5 Å². The number of nitrogens with zero attached hydrogens (tertiary/aromatic N) is 2. The molecule has 2 aromatic rings. The molecule has 0 spiro atoms. The topological polar surface area (TPSA) is 58.7 Å². The summed E-state index contributed by atoms with van der Waals surface area (Å²) in [6.45, 7) is 1.84. The molecule has 0 atom stereocenters. The summed E-state index contributed by atoms with van der Waals surface area (Å²) in [6, 6.07) is 18.1. The molecule has 2 N–H and O–H groups in total. The fourth-order valence-corrected chi connectivity index (χ4v) is 1.69. The van der Waals surface area contributed by atoms with Gasteiger partial charge in [-0.3, -0.25) is 0 Å². The van der Waals surface area contributed by atoms with Gasteiger partial charge in [-0.2, -0.15) is 10.1 Å². The molecule has 0 heterocycles. The molecular formula is C15H15N3O. The second-order valence-electron chi connectivity index (χ2n) is 4.04. The maximum Gasteiger partial charge on any atom is 0.340 e. The predicted molar refractivity (Wildman–Crippen MR) is 77.2 cm³/mol. The number of primary amides is 1. The van der Waals surface area contributed by atoms with Crippen molar-refractivity contribution in [3.63, 3.8) is 0 Å². The number of para-hydroxylation sites is 1. The van der Waals surface area contributed by atoms with Gasteiger partial charge in [-0.05, 0) is 24.6 Å². The molecular weight excluding hydrogens is 238 g/mol. The summed E-state index contributed by atoms with van der Waals surface area (Å²) in [6.07, 6.45) is 0. The van der Waals surface area contributed by atoms with Crippen LogP contribution in [0.1, 0.15) is 12.5 Å². The number of carbonyl (C=O) groups excluding carboxylic acids is 1. The molecule has 0 unspecified atom stereocenters. The number of hydrogen-bond acceptors (Lipinski definition) is 2. The summed E-state index contributed by atoms with van der Waals surface area (Å²) in [5.41, 5.74) is 7.69. The van der Waals surface area contributed by atoms with Crippen LogP contribution in [0.15, 0.2) is 65.8 Å². The third kappa shape index (κ3) is 3.19. The standard InChI is InChI=1S/C15H15N3O/c1-12(13-8-4-2-5-9-13)17-18(15(16)19)14-10-6-3-7-11-14/h2-11H,1H3,(H2,16,19). The quantitative estimate of drug-likeness (QED) is 0.663. The Morgan fingerprint density at radius 3 is 2.05 bits per heavy atom. The molecule has 0 aliphatic carbocycles. The minimum atomic E-state index is -0.610. The predicted octanol–water partition coefficient (Wildman–Crippen LogP) is 3.00. The van der Waals surface area contributed by atoms with E-state index in [-0.39, 0.29) is 0 Å². The minimum absolute atomic E-state index is 0.610. The first-order valence-electron chi connectivity index (χ1n) is 5.93. The van der Waals surface area contributed by atoms with Crippen LogP contribution in [0.2, 0.25) is 0 Å². The Morgan fingerprint density at radius 2 is 1.53 bits per heavy atom. The van der Waals surface area contributed by atoms with E-state index in [2.05, 4.69) is 5.10 Å². The van der Waals surface area contributed by atoms with Gasteiger partial charge in [0.1, 0.15) is 0 Å². The molecule has 0 aliphatic heterocycles. The van der Waals surface area contributed by atoms with Crippen molar-refractivity contribution in [3.8, 4) is 0 Å².